The van der Waals surface area contributed by atoms with Gasteiger partial charge in [-0.1, -0.05) is 18.2 Å². The molecule has 0 aliphatic heterocycles. The van der Waals surface area contributed by atoms with Crippen LogP contribution in [0.4, 0.5) is 0 Å². The van der Waals surface area contributed by atoms with Gasteiger partial charge >= 0.3 is 5.97 Å². The molecule has 0 radical (unpaired) electrons. The van der Waals surface area contributed by atoms with Gasteiger partial charge in [0.25, 0.3) is 0 Å². The molecule has 1 N–H and O–H groups in total. The first-order valence-corrected chi connectivity index (χ1v) is 8.37. The van der Waals surface area contributed by atoms with Crippen LogP contribution in [0, 0.1) is 12.8 Å². The van der Waals surface area contributed by atoms with Crippen molar-refractivity contribution in [2.45, 2.75) is 51.4 Å². The molecule has 0 atom stereocenters. The van der Waals surface area contributed by atoms with E-state index in [1.54, 1.807) is 0 Å². The summed E-state index contributed by atoms with van der Waals surface area (Å²) in [6.07, 6.45) is 3.80. The molecule has 0 saturated heterocycles. The van der Waals surface area contributed by atoms with Gasteiger partial charge < -0.3 is 9.67 Å². The summed E-state index contributed by atoms with van der Waals surface area (Å²) in [5.74, 6) is -0.0775. The molecule has 3 rings (SSSR count). The smallest absolute Gasteiger partial charge is 0.313 e. The molecule has 0 unspecified atom stereocenters. The van der Waals surface area contributed by atoms with Crippen LogP contribution < -0.4 is 0 Å². The molecule has 6 nitrogen and oxygen atoms in total. The number of carbonyl (C=O) groups is 1. The summed E-state index contributed by atoms with van der Waals surface area (Å²) in [6, 6.07) is 0. The van der Waals surface area contributed by atoms with Gasteiger partial charge in [0.05, 0.1) is 11.4 Å². The number of rotatable bonds is 6. The normalized spacial score (nSPS) is 15.5. The predicted molar refractivity (Wildman–Crippen MR) is 81.6 cm³/mol. The van der Waals surface area contributed by atoms with Crippen molar-refractivity contribution in [1.82, 2.24) is 19.3 Å². The van der Waals surface area contributed by atoms with Crippen LogP contribution in [0.25, 0.3) is 11.2 Å². The molecule has 0 amide bonds. The van der Waals surface area contributed by atoms with Crippen molar-refractivity contribution in [3.8, 4) is 0 Å². The van der Waals surface area contributed by atoms with Crippen molar-refractivity contribution in [3.63, 3.8) is 0 Å². The summed E-state index contributed by atoms with van der Waals surface area (Å²) in [4.78, 5) is 15.5. The number of carboxylic acids is 1. The largest absolute Gasteiger partial charge is 0.481 e. The third-order valence-electron chi connectivity index (χ3n) is 4.05. The predicted octanol–water partition coefficient (Wildman–Crippen LogP) is 2.54. The second-order valence-corrected chi connectivity index (χ2v) is 6.50. The Labute approximate surface area is 127 Å². The maximum atomic E-state index is 10.8. The van der Waals surface area contributed by atoms with Crippen molar-refractivity contribution < 1.29 is 9.90 Å². The van der Waals surface area contributed by atoms with Gasteiger partial charge in [-0.2, -0.15) is 5.10 Å². The van der Waals surface area contributed by atoms with E-state index < -0.39 is 5.97 Å². The molecular weight excluding hydrogens is 288 g/mol. The highest BCUT2D eigenvalue weighted by Crippen LogP contribution is 2.32. The molecule has 1 saturated carbocycles. The molecule has 2 heterocycles. The highest BCUT2D eigenvalue weighted by molar-refractivity contribution is 7.99. The second-order valence-electron chi connectivity index (χ2n) is 5.56. The van der Waals surface area contributed by atoms with Gasteiger partial charge in [0.1, 0.15) is 5.52 Å². The number of imidazole rings is 1. The van der Waals surface area contributed by atoms with Crippen molar-refractivity contribution in [3.05, 3.63) is 5.69 Å². The van der Waals surface area contributed by atoms with Crippen molar-refractivity contribution in [1.29, 1.82) is 0 Å². The average molecular weight is 308 g/mol. The maximum absolute atomic E-state index is 10.8. The van der Waals surface area contributed by atoms with Crippen LogP contribution in [0.2, 0.25) is 0 Å². The Balaban J connectivity index is 2.02. The lowest BCUT2D eigenvalue weighted by Crippen LogP contribution is -2.19. The minimum absolute atomic E-state index is 0.0445. The topological polar surface area (TPSA) is 72.9 Å². The molecule has 0 aromatic carbocycles. The standard InChI is InChI=1S/C14H20N4O2S/c1-3-18-13-12(9(2)16-18)15-14(21-8-11(19)20)17(13)7-10-5-4-6-10/h10H,3-8H2,1-2H3,(H,19,20). The highest BCUT2D eigenvalue weighted by Gasteiger charge is 2.24. The molecule has 1 aliphatic carbocycles. The monoisotopic (exact) mass is 308 g/mol. The quantitative estimate of drug-likeness (QED) is 0.830. The van der Waals surface area contributed by atoms with E-state index in [4.69, 9.17) is 5.11 Å². The van der Waals surface area contributed by atoms with Gasteiger partial charge in [0.15, 0.2) is 10.8 Å². The van der Waals surface area contributed by atoms with E-state index in [2.05, 4.69) is 21.6 Å². The van der Waals surface area contributed by atoms with Crippen LogP contribution in [0.3, 0.4) is 0 Å². The number of hydrogen-bond acceptors (Lipinski definition) is 4. The first kappa shape index (κ1) is 14.4. The molecule has 1 aliphatic rings. The first-order chi connectivity index (χ1) is 10.1. The zero-order valence-electron chi connectivity index (χ0n) is 12.4. The lowest BCUT2D eigenvalue weighted by atomic mass is 9.85. The molecule has 2 aromatic rings. The van der Waals surface area contributed by atoms with Gasteiger partial charge in [-0.25, -0.2) is 9.67 Å². The molecular formula is C14H20N4O2S. The van der Waals surface area contributed by atoms with Gasteiger partial charge in [-0.15, -0.1) is 0 Å². The third-order valence-corrected chi connectivity index (χ3v) is 5.01. The number of fused-ring (bicyclic) bond motifs is 1. The summed E-state index contributed by atoms with van der Waals surface area (Å²) in [5.41, 5.74) is 2.86. The number of aryl methyl sites for hydroxylation is 2. The molecule has 0 spiro atoms. The fourth-order valence-corrected chi connectivity index (χ4v) is 3.48. The molecule has 0 bridgehead atoms. The number of hydrogen-bond donors (Lipinski definition) is 1. The van der Waals surface area contributed by atoms with Crippen LogP contribution in [-0.4, -0.2) is 36.2 Å². The number of carboxylic acid groups (broad SMARTS) is 1. The summed E-state index contributed by atoms with van der Waals surface area (Å²) < 4.78 is 4.15. The summed E-state index contributed by atoms with van der Waals surface area (Å²) in [5, 5.41) is 14.2. The van der Waals surface area contributed by atoms with E-state index in [1.165, 1.54) is 31.0 Å². The molecule has 7 heteroatoms. The SMILES string of the molecule is CCn1nc(C)c2nc(SCC(=O)O)n(CC3CCC3)c21. The van der Waals surface area contributed by atoms with Gasteiger partial charge in [-0.3, -0.25) is 4.79 Å². The summed E-state index contributed by atoms with van der Waals surface area (Å²) in [7, 11) is 0. The number of aliphatic carboxylic acids is 1. The third kappa shape index (κ3) is 2.66. The minimum atomic E-state index is -0.809. The zero-order chi connectivity index (χ0) is 15.0. The Morgan fingerprint density at radius 1 is 1.48 bits per heavy atom. The fourth-order valence-electron chi connectivity index (χ4n) is 2.76. The van der Waals surface area contributed by atoms with Gasteiger partial charge in [0, 0.05) is 13.1 Å². The Bertz CT molecular complexity index is 672. The average Bonchev–Trinajstić information content (AvgIpc) is 2.90. The number of thioether (sulfide) groups is 1. The van der Waals surface area contributed by atoms with E-state index in [-0.39, 0.29) is 5.75 Å². The lowest BCUT2D eigenvalue weighted by Gasteiger charge is -2.26. The van der Waals surface area contributed by atoms with Crippen LogP contribution in [0.1, 0.15) is 31.9 Å². The first-order valence-electron chi connectivity index (χ1n) is 7.38. The van der Waals surface area contributed by atoms with Gasteiger partial charge in [-0.05, 0) is 32.6 Å². The van der Waals surface area contributed by atoms with Crippen LogP contribution in [0.15, 0.2) is 5.16 Å². The summed E-state index contributed by atoms with van der Waals surface area (Å²) in [6.45, 7) is 5.74. The Hall–Kier alpha value is -1.50. The molecule has 21 heavy (non-hydrogen) atoms. The van der Waals surface area contributed by atoms with E-state index in [0.717, 1.165) is 35.1 Å². The molecule has 114 valence electrons. The molecule has 2 aromatic heterocycles. The fraction of sp³-hybridized carbons (Fsp3) is 0.643. The van der Waals surface area contributed by atoms with Crippen molar-refractivity contribution in [2.75, 3.05) is 5.75 Å². The van der Waals surface area contributed by atoms with Gasteiger partial charge in [0.2, 0.25) is 0 Å². The number of aromatic nitrogens is 4. The van der Waals surface area contributed by atoms with E-state index >= 15 is 0 Å². The summed E-state index contributed by atoms with van der Waals surface area (Å²) >= 11 is 1.30. The second kappa shape index (κ2) is 5.71. The van der Waals surface area contributed by atoms with Crippen molar-refractivity contribution >= 4 is 28.9 Å². The van der Waals surface area contributed by atoms with Crippen LogP contribution in [-0.2, 0) is 17.9 Å². The van der Waals surface area contributed by atoms with E-state index in [1.807, 2.05) is 11.6 Å². The van der Waals surface area contributed by atoms with E-state index in [9.17, 15) is 4.79 Å². The van der Waals surface area contributed by atoms with E-state index in [0.29, 0.717) is 5.92 Å². The maximum Gasteiger partial charge on any atom is 0.313 e. The Morgan fingerprint density at radius 2 is 2.24 bits per heavy atom. The Kier molecular flexibility index (Phi) is 3.93. The lowest BCUT2D eigenvalue weighted by molar-refractivity contribution is -0.133. The minimum Gasteiger partial charge on any atom is -0.481 e. The Morgan fingerprint density at radius 3 is 2.81 bits per heavy atom. The van der Waals surface area contributed by atoms with Crippen LogP contribution in [0.5, 0.6) is 0 Å². The highest BCUT2D eigenvalue weighted by atomic mass is 32.2. The zero-order valence-corrected chi connectivity index (χ0v) is 13.2. The molecule has 1 fully saturated rings. The van der Waals surface area contributed by atoms with Crippen molar-refractivity contribution in [2.24, 2.45) is 5.92 Å². The van der Waals surface area contributed by atoms with Crippen LogP contribution >= 0.6 is 11.8 Å². The number of nitrogens with zero attached hydrogens (tertiary/aromatic N) is 4.